The number of quaternary nitrogens is 1. The third-order valence-electron chi connectivity index (χ3n) is 10.7. The molecule has 348 valence electrons. The molecule has 0 aromatic rings. The highest BCUT2D eigenvalue weighted by atomic mass is 31.2. The number of carbonyl (C=O) groups is 2. The first kappa shape index (κ1) is 57.5. The average molecular weight is 856 g/mol. The number of allylic oxidation sites excluding steroid dienone is 4. The van der Waals surface area contributed by atoms with Gasteiger partial charge in [-0.25, -0.2) is 0 Å². The SMILES string of the molecule is CCCC/C=C\C/C=C\CCCCCCCC(=O)OC(COC(=O)CCCCCCCCCCCCCCCCCCCCCCC)COP(=O)([O-])OCC[N+](C)(C)C. The molecule has 0 rings (SSSR count). The first-order valence-corrected chi connectivity index (χ1v) is 26.0. The summed E-state index contributed by atoms with van der Waals surface area (Å²) in [4.78, 5) is 37.6. The lowest BCUT2D eigenvalue weighted by Crippen LogP contribution is -2.37. The molecule has 2 atom stereocenters. The number of unbranched alkanes of at least 4 members (excludes halogenated alkanes) is 27. The molecular formula is C49H94NO8P. The second kappa shape index (κ2) is 41.8. The van der Waals surface area contributed by atoms with Crippen LogP contribution in [0.5, 0.6) is 0 Å². The van der Waals surface area contributed by atoms with Crippen molar-refractivity contribution in [3.05, 3.63) is 24.3 Å². The maximum absolute atomic E-state index is 12.7. The summed E-state index contributed by atoms with van der Waals surface area (Å²) < 4.78 is 34.0. The van der Waals surface area contributed by atoms with Gasteiger partial charge >= 0.3 is 11.9 Å². The fourth-order valence-electron chi connectivity index (χ4n) is 6.85. The molecule has 0 amide bonds. The Morgan fingerprint density at radius 3 is 1.39 bits per heavy atom. The fraction of sp³-hybridized carbons (Fsp3) is 0.878. The van der Waals surface area contributed by atoms with Crippen LogP contribution in [-0.4, -0.2) is 70.0 Å². The molecule has 9 nitrogen and oxygen atoms in total. The fourth-order valence-corrected chi connectivity index (χ4v) is 7.58. The third-order valence-corrected chi connectivity index (χ3v) is 11.7. The van der Waals surface area contributed by atoms with Gasteiger partial charge in [0.25, 0.3) is 7.82 Å². The molecule has 0 bridgehead atoms. The average Bonchev–Trinajstić information content (AvgIpc) is 3.19. The summed E-state index contributed by atoms with van der Waals surface area (Å²) in [6.45, 7) is 4.20. The van der Waals surface area contributed by atoms with Crippen LogP contribution in [-0.2, 0) is 32.7 Å². The number of ether oxygens (including phenoxy) is 2. The largest absolute Gasteiger partial charge is 0.756 e. The topological polar surface area (TPSA) is 111 Å². The number of hydrogen-bond donors (Lipinski definition) is 0. The van der Waals surface area contributed by atoms with Crippen LogP contribution in [0, 0.1) is 0 Å². The van der Waals surface area contributed by atoms with Gasteiger partial charge in [0.1, 0.15) is 19.8 Å². The van der Waals surface area contributed by atoms with Crippen LogP contribution in [0.25, 0.3) is 0 Å². The van der Waals surface area contributed by atoms with E-state index >= 15 is 0 Å². The Morgan fingerprint density at radius 1 is 0.525 bits per heavy atom. The van der Waals surface area contributed by atoms with E-state index in [1.54, 1.807) is 0 Å². The standard InChI is InChI=1S/C49H94NO8P/c1-6-8-10-12-14-16-18-20-22-23-24-25-26-27-28-30-31-33-35-37-39-41-48(51)55-45-47(46-57-59(53,54)56-44-43-50(3,4)5)58-49(52)42-40-38-36-34-32-29-21-19-17-15-13-11-9-7-2/h13,15,19,21,47H,6-12,14,16-18,20,22-46H2,1-5H3/b15-13-,21-19-. The molecule has 0 aromatic heterocycles. The molecule has 0 aliphatic rings. The number of phosphoric ester groups is 1. The number of nitrogens with zero attached hydrogens (tertiary/aromatic N) is 1. The summed E-state index contributed by atoms with van der Waals surface area (Å²) in [5.74, 6) is -0.841. The molecule has 2 unspecified atom stereocenters. The van der Waals surface area contributed by atoms with E-state index in [0.29, 0.717) is 17.4 Å². The van der Waals surface area contributed by atoms with Gasteiger partial charge in [0, 0.05) is 12.8 Å². The van der Waals surface area contributed by atoms with Crippen LogP contribution in [0.1, 0.15) is 226 Å². The summed E-state index contributed by atoms with van der Waals surface area (Å²) in [7, 11) is 1.16. The van der Waals surface area contributed by atoms with Crippen LogP contribution < -0.4 is 4.89 Å². The van der Waals surface area contributed by atoms with Crippen LogP contribution in [0.3, 0.4) is 0 Å². The van der Waals surface area contributed by atoms with Gasteiger partial charge in [0.15, 0.2) is 6.10 Å². The van der Waals surface area contributed by atoms with Crippen molar-refractivity contribution in [3.8, 4) is 0 Å². The Balaban J connectivity index is 4.22. The molecule has 0 saturated carbocycles. The van der Waals surface area contributed by atoms with Crippen molar-refractivity contribution >= 4 is 19.8 Å². The van der Waals surface area contributed by atoms with Crippen LogP contribution in [0.15, 0.2) is 24.3 Å². The molecule has 59 heavy (non-hydrogen) atoms. The second-order valence-corrected chi connectivity index (χ2v) is 19.2. The molecule has 0 radical (unpaired) electrons. The molecule has 0 fully saturated rings. The van der Waals surface area contributed by atoms with E-state index < -0.39 is 26.5 Å². The molecule has 0 aliphatic heterocycles. The molecule has 0 heterocycles. The van der Waals surface area contributed by atoms with E-state index in [2.05, 4.69) is 38.2 Å². The normalized spacial score (nSPS) is 13.7. The summed E-state index contributed by atoms with van der Waals surface area (Å²) >= 11 is 0. The molecule has 0 spiro atoms. The van der Waals surface area contributed by atoms with Gasteiger partial charge in [-0.15, -0.1) is 0 Å². The number of likely N-dealkylation sites (N-methyl/N-ethyl adjacent to an activating group) is 1. The van der Waals surface area contributed by atoms with Gasteiger partial charge in [-0.1, -0.05) is 199 Å². The van der Waals surface area contributed by atoms with Gasteiger partial charge < -0.3 is 27.9 Å². The number of carbonyl (C=O) groups excluding carboxylic acids is 2. The van der Waals surface area contributed by atoms with E-state index in [1.165, 1.54) is 128 Å². The number of phosphoric acid groups is 1. The first-order chi connectivity index (χ1) is 28.5. The van der Waals surface area contributed by atoms with E-state index in [1.807, 2.05) is 21.1 Å². The lowest BCUT2D eigenvalue weighted by Gasteiger charge is -2.28. The maximum atomic E-state index is 12.7. The van der Waals surface area contributed by atoms with E-state index in [4.69, 9.17) is 18.5 Å². The predicted octanol–water partition coefficient (Wildman–Crippen LogP) is 13.7. The number of esters is 2. The van der Waals surface area contributed by atoms with Crippen molar-refractivity contribution in [2.45, 2.75) is 232 Å². The zero-order valence-electron chi connectivity index (χ0n) is 39.2. The molecular weight excluding hydrogens is 762 g/mol. The zero-order valence-corrected chi connectivity index (χ0v) is 40.1. The minimum Gasteiger partial charge on any atom is -0.756 e. The minimum atomic E-state index is -4.63. The van der Waals surface area contributed by atoms with Crippen molar-refractivity contribution in [1.29, 1.82) is 0 Å². The Hall–Kier alpha value is -1.51. The molecule has 10 heteroatoms. The lowest BCUT2D eigenvalue weighted by molar-refractivity contribution is -0.870. The number of hydrogen-bond acceptors (Lipinski definition) is 8. The molecule has 0 saturated heterocycles. The maximum Gasteiger partial charge on any atom is 0.306 e. The van der Waals surface area contributed by atoms with Crippen molar-refractivity contribution in [1.82, 2.24) is 0 Å². The van der Waals surface area contributed by atoms with Crippen LogP contribution in [0.2, 0.25) is 0 Å². The molecule has 0 aliphatic carbocycles. The van der Waals surface area contributed by atoms with E-state index in [9.17, 15) is 19.0 Å². The lowest BCUT2D eigenvalue weighted by atomic mass is 10.0. The van der Waals surface area contributed by atoms with Gasteiger partial charge in [-0.3, -0.25) is 14.2 Å². The monoisotopic (exact) mass is 856 g/mol. The Morgan fingerprint density at radius 2 is 0.932 bits per heavy atom. The smallest absolute Gasteiger partial charge is 0.306 e. The molecule has 0 N–H and O–H groups in total. The van der Waals surface area contributed by atoms with Gasteiger partial charge in [-0.05, 0) is 38.5 Å². The summed E-state index contributed by atoms with van der Waals surface area (Å²) in [5.41, 5.74) is 0. The number of rotatable bonds is 45. The van der Waals surface area contributed by atoms with E-state index in [0.717, 1.165) is 64.2 Å². The zero-order chi connectivity index (χ0) is 43.6. The van der Waals surface area contributed by atoms with Crippen LogP contribution >= 0.6 is 7.82 Å². The van der Waals surface area contributed by atoms with Crippen molar-refractivity contribution in [3.63, 3.8) is 0 Å². The summed E-state index contributed by atoms with van der Waals surface area (Å²) in [6.07, 6.45) is 46.4. The summed E-state index contributed by atoms with van der Waals surface area (Å²) in [6, 6.07) is 0. The van der Waals surface area contributed by atoms with E-state index in [-0.39, 0.29) is 32.0 Å². The summed E-state index contributed by atoms with van der Waals surface area (Å²) in [5, 5.41) is 0. The highest BCUT2D eigenvalue weighted by Crippen LogP contribution is 2.38. The quantitative estimate of drug-likeness (QED) is 0.0196. The Kier molecular flexibility index (Phi) is 40.8. The Labute approximate surface area is 364 Å². The van der Waals surface area contributed by atoms with Crippen LogP contribution in [0.4, 0.5) is 0 Å². The van der Waals surface area contributed by atoms with Crippen molar-refractivity contribution in [2.75, 3.05) is 47.5 Å². The van der Waals surface area contributed by atoms with Gasteiger partial charge in [0.2, 0.25) is 0 Å². The first-order valence-electron chi connectivity index (χ1n) is 24.5. The van der Waals surface area contributed by atoms with Crippen molar-refractivity contribution in [2.24, 2.45) is 0 Å². The highest BCUT2D eigenvalue weighted by molar-refractivity contribution is 7.45. The van der Waals surface area contributed by atoms with Gasteiger partial charge in [0.05, 0.1) is 27.7 Å². The second-order valence-electron chi connectivity index (χ2n) is 17.8. The van der Waals surface area contributed by atoms with Gasteiger partial charge in [-0.2, -0.15) is 0 Å². The molecule has 0 aromatic carbocycles. The Bertz CT molecular complexity index is 1060. The highest BCUT2D eigenvalue weighted by Gasteiger charge is 2.21. The minimum absolute atomic E-state index is 0.0318. The third kappa shape index (κ3) is 45.8. The predicted molar refractivity (Wildman–Crippen MR) is 245 cm³/mol. The van der Waals surface area contributed by atoms with Crippen molar-refractivity contribution < 1.29 is 42.1 Å².